The Morgan fingerprint density at radius 3 is 2.48 bits per heavy atom. The maximum atomic E-state index is 13.5. The summed E-state index contributed by atoms with van der Waals surface area (Å²) in [6.45, 7) is 1.58. The van der Waals surface area contributed by atoms with Crippen LogP contribution in [0, 0.1) is 11.7 Å². The van der Waals surface area contributed by atoms with Crippen molar-refractivity contribution in [1.82, 2.24) is 24.8 Å². The van der Waals surface area contributed by atoms with Gasteiger partial charge in [0.15, 0.2) is 11.6 Å². The fourth-order valence-electron chi connectivity index (χ4n) is 5.15. The minimum absolute atomic E-state index is 0.216. The van der Waals surface area contributed by atoms with Crippen LogP contribution in [-0.4, -0.2) is 51.1 Å². The van der Waals surface area contributed by atoms with E-state index in [1.54, 1.807) is 29.2 Å². The van der Waals surface area contributed by atoms with E-state index in [-0.39, 0.29) is 23.2 Å². The zero-order chi connectivity index (χ0) is 27.6. The molecule has 2 aliphatic rings. The molecule has 0 spiro atoms. The van der Waals surface area contributed by atoms with Crippen molar-refractivity contribution in [2.75, 3.05) is 24.5 Å². The molecular formula is C30H30FN7O2. The summed E-state index contributed by atoms with van der Waals surface area (Å²) >= 11 is 0. The molecule has 1 amide bonds. The number of aromatic nitrogens is 4. The van der Waals surface area contributed by atoms with Crippen LogP contribution >= 0.6 is 0 Å². The molecule has 1 aliphatic heterocycles. The lowest BCUT2D eigenvalue weighted by atomic mass is 10.00. The van der Waals surface area contributed by atoms with Crippen molar-refractivity contribution in [2.45, 2.75) is 31.2 Å². The number of nitrogens with zero attached hydrogens (tertiary/aromatic N) is 5. The molecule has 0 bridgehead atoms. The summed E-state index contributed by atoms with van der Waals surface area (Å²) in [5.41, 5.74) is 8.72. The van der Waals surface area contributed by atoms with Gasteiger partial charge in [0.1, 0.15) is 5.82 Å². The molecular weight excluding hydrogens is 509 g/mol. The minimum Gasteiger partial charge on any atom is -0.369 e. The van der Waals surface area contributed by atoms with Crippen molar-refractivity contribution in [3.8, 4) is 17.1 Å². The predicted octanol–water partition coefficient (Wildman–Crippen LogP) is 2.83. The van der Waals surface area contributed by atoms with Crippen LogP contribution in [0.15, 0.2) is 78.0 Å². The van der Waals surface area contributed by atoms with Gasteiger partial charge in [0.2, 0.25) is 5.91 Å². The van der Waals surface area contributed by atoms with Crippen molar-refractivity contribution < 1.29 is 9.18 Å². The Kier molecular flexibility index (Phi) is 7.08. The van der Waals surface area contributed by atoms with Crippen LogP contribution in [0.4, 0.5) is 10.2 Å². The molecule has 0 unspecified atom stereocenters. The number of carbonyl (C=O) groups is 1. The molecule has 10 heteroatoms. The van der Waals surface area contributed by atoms with Gasteiger partial charge in [0.05, 0.1) is 11.6 Å². The molecule has 2 aromatic heterocycles. The summed E-state index contributed by atoms with van der Waals surface area (Å²) < 4.78 is 14.8. The lowest BCUT2D eigenvalue weighted by Gasteiger charge is -2.38. The Bertz CT molecular complexity index is 1550. The summed E-state index contributed by atoms with van der Waals surface area (Å²) in [4.78, 5) is 40.2. The summed E-state index contributed by atoms with van der Waals surface area (Å²) in [5.74, 6) is 0.502. The van der Waals surface area contributed by atoms with Gasteiger partial charge in [-0.05, 0) is 73.8 Å². The average Bonchev–Trinajstić information content (AvgIpc) is 3.72. The molecule has 3 N–H and O–H groups in total. The maximum Gasteiger partial charge on any atom is 0.298 e. The van der Waals surface area contributed by atoms with Crippen LogP contribution in [-0.2, 0) is 11.2 Å². The SMILES string of the molecule is NC(=O)C1CN(c2nc(CCCN[C@@H]3C[C@H]3c3ccc(F)cc3)cn(-c3ccc(-c4ncccn4)cc3)c2=O)C1. The topological polar surface area (TPSA) is 119 Å². The first-order valence-corrected chi connectivity index (χ1v) is 13.5. The van der Waals surface area contributed by atoms with E-state index in [4.69, 9.17) is 10.7 Å². The molecule has 6 rings (SSSR count). The third-order valence-corrected chi connectivity index (χ3v) is 7.60. The highest BCUT2D eigenvalue weighted by Gasteiger charge is 2.37. The smallest absolute Gasteiger partial charge is 0.298 e. The molecule has 1 saturated carbocycles. The van der Waals surface area contributed by atoms with Crippen LogP contribution < -0.4 is 21.5 Å². The van der Waals surface area contributed by atoms with Gasteiger partial charge >= 0.3 is 0 Å². The third kappa shape index (κ3) is 5.48. The van der Waals surface area contributed by atoms with Gasteiger partial charge in [-0.1, -0.05) is 12.1 Å². The molecule has 1 aliphatic carbocycles. The largest absolute Gasteiger partial charge is 0.369 e. The van der Waals surface area contributed by atoms with Gasteiger partial charge in [0, 0.05) is 54.9 Å². The van der Waals surface area contributed by atoms with Gasteiger partial charge in [0.25, 0.3) is 5.56 Å². The quantitative estimate of drug-likeness (QED) is 0.298. The Morgan fingerprint density at radius 2 is 1.77 bits per heavy atom. The lowest BCUT2D eigenvalue weighted by Crippen LogP contribution is -2.54. The first-order valence-electron chi connectivity index (χ1n) is 13.5. The number of rotatable bonds is 10. The molecule has 2 aromatic carbocycles. The van der Waals surface area contributed by atoms with E-state index in [1.165, 1.54) is 12.1 Å². The van der Waals surface area contributed by atoms with E-state index in [0.29, 0.717) is 48.8 Å². The molecule has 2 atom stereocenters. The summed E-state index contributed by atoms with van der Waals surface area (Å²) in [5, 5.41) is 3.58. The van der Waals surface area contributed by atoms with Gasteiger partial charge in [-0.2, -0.15) is 0 Å². The average molecular weight is 540 g/mol. The van der Waals surface area contributed by atoms with Crippen molar-refractivity contribution in [3.05, 3.63) is 101 Å². The number of anilines is 1. The number of halogens is 1. The number of nitrogens with one attached hydrogen (secondary N) is 1. The van der Waals surface area contributed by atoms with Crippen molar-refractivity contribution in [2.24, 2.45) is 11.7 Å². The molecule has 9 nitrogen and oxygen atoms in total. The monoisotopic (exact) mass is 539 g/mol. The van der Waals surface area contributed by atoms with Crippen LogP contribution in [0.3, 0.4) is 0 Å². The van der Waals surface area contributed by atoms with Gasteiger partial charge in [-0.15, -0.1) is 0 Å². The van der Waals surface area contributed by atoms with Crippen LogP contribution in [0.1, 0.15) is 30.0 Å². The number of nitrogens with two attached hydrogens (primary N) is 1. The number of amides is 1. The van der Waals surface area contributed by atoms with Crippen LogP contribution in [0.25, 0.3) is 17.1 Å². The summed E-state index contributed by atoms with van der Waals surface area (Å²) in [6, 6.07) is 16.4. The second kappa shape index (κ2) is 11.0. The molecule has 1 saturated heterocycles. The third-order valence-electron chi connectivity index (χ3n) is 7.60. The normalized spacial score (nSPS) is 18.4. The first-order chi connectivity index (χ1) is 19.5. The van der Waals surface area contributed by atoms with Crippen molar-refractivity contribution >= 4 is 11.7 Å². The number of benzene rings is 2. The zero-order valence-corrected chi connectivity index (χ0v) is 21.9. The van der Waals surface area contributed by atoms with Crippen LogP contribution in [0.2, 0.25) is 0 Å². The van der Waals surface area contributed by atoms with E-state index in [9.17, 15) is 14.0 Å². The number of hydrogen-bond acceptors (Lipinski definition) is 7. The Labute approximate surface area is 230 Å². The first kappa shape index (κ1) is 25.8. The highest BCUT2D eigenvalue weighted by atomic mass is 19.1. The Morgan fingerprint density at radius 1 is 1.05 bits per heavy atom. The molecule has 40 heavy (non-hydrogen) atoms. The van der Waals surface area contributed by atoms with E-state index in [0.717, 1.165) is 36.2 Å². The van der Waals surface area contributed by atoms with Gasteiger partial charge in [-0.25, -0.2) is 19.3 Å². The highest BCUT2D eigenvalue weighted by molar-refractivity contribution is 5.80. The molecule has 204 valence electrons. The predicted molar refractivity (Wildman–Crippen MR) is 150 cm³/mol. The van der Waals surface area contributed by atoms with Crippen LogP contribution in [0.5, 0.6) is 0 Å². The molecule has 3 heterocycles. The maximum absolute atomic E-state index is 13.5. The summed E-state index contributed by atoms with van der Waals surface area (Å²) in [7, 11) is 0. The lowest BCUT2D eigenvalue weighted by molar-refractivity contribution is -0.122. The molecule has 4 aromatic rings. The Balaban J connectivity index is 1.16. The van der Waals surface area contributed by atoms with Gasteiger partial charge in [-0.3, -0.25) is 14.2 Å². The number of aryl methyl sites for hydroxylation is 1. The van der Waals surface area contributed by atoms with E-state index < -0.39 is 0 Å². The zero-order valence-electron chi connectivity index (χ0n) is 21.9. The van der Waals surface area contributed by atoms with Gasteiger partial charge < -0.3 is 16.0 Å². The molecule has 0 radical (unpaired) electrons. The van der Waals surface area contributed by atoms with Crippen molar-refractivity contribution in [3.63, 3.8) is 0 Å². The van der Waals surface area contributed by atoms with Crippen molar-refractivity contribution in [1.29, 1.82) is 0 Å². The Hall–Kier alpha value is -4.44. The minimum atomic E-state index is -0.364. The fourth-order valence-corrected chi connectivity index (χ4v) is 5.15. The summed E-state index contributed by atoms with van der Waals surface area (Å²) in [6.07, 6.45) is 7.73. The van der Waals surface area contributed by atoms with E-state index in [2.05, 4.69) is 15.3 Å². The standard InChI is InChI=1S/C30H30FN7O2/c31-22-8-4-19(5-9-22)25-15-26(25)33-12-1-3-23-18-38(30(40)29(36-23)37-16-21(17-37)27(32)39)24-10-6-20(7-11-24)28-34-13-2-14-35-28/h2,4-11,13-14,18,21,25-26,33H,1,3,12,15-17H2,(H2,32,39)/t25-,26+/m0/s1. The fraction of sp³-hybridized carbons (Fsp3) is 0.300. The number of primary amides is 1. The van der Waals surface area contributed by atoms with E-state index >= 15 is 0 Å². The highest BCUT2D eigenvalue weighted by Crippen LogP contribution is 2.40. The second-order valence-electron chi connectivity index (χ2n) is 10.4. The number of carbonyl (C=O) groups excluding carboxylic acids is 1. The number of hydrogen-bond donors (Lipinski definition) is 2. The van der Waals surface area contributed by atoms with E-state index in [1.807, 2.05) is 41.3 Å². The second-order valence-corrected chi connectivity index (χ2v) is 10.4. The molecule has 2 fully saturated rings.